The first kappa shape index (κ1) is 122. The molecular weight excluding hydrogens is 2030 g/mol. The number of carbonyl (C=O) groups excluding carboxylic acids is 5. The molecule has 1 unspecified atom stereocenters. The second kappa shape index (κ2) is 53.4. The van der Waals surface area contributed by atoms with Crippen molar-refractivity contribution in [1.82, 2.24) is 26.6 Å². The number of nitrogens with one attached hydrogen (secondary N) is 5. The molecule has 66 heteroatoms. The Hall–Kier alpha value is -4.89. The minimum absolute atomic E-state index is 0.855. The first-order valence-electron chi connectivity index (χ1n) is 47.2. The molecule has 0 aliphatic carbocycles. The highest BCUT2D eigenvalue weighted by molar-refractivity contribution is 5.75. The van der Waals surface area contributed by atoms with Crippen molar-refractivity contribution in [3.05, 3.63) is 0 Å². The highest BCUT2D eigenvalue weighted by Crippen LogP contribution is 2.43. The van der Waals surface area contributed by atoms with Gasteiger partial charge in [0, 0.05) is 34.6 Å². The third-order valence-corrected chi connectivity index (χ3v) is 27.1. The fraction of sp³-hybridized carbons (Fsp3) is 0.939. The van der Waals surface area contributed by atoms with Crippen LogP contribution in [0.1, 0.15) is 34.6 Å². The van der Waals surface area contributed by atoms with Crippen LogP contribution in [-0.4, -0.2) is 645 Å². The van der Waals surface area contributed by atoms with Crippen molar-refractivity contribution in [2.45, 2.75) is 403 Å². The Labute approximate surface area is 837 Å². The normalized spacial score (nSPS) is 49.3. The Bertz CT molecular complexity index is 4130. The van der Waals surface area contributed by atoms with Gasteiger partial charge in [-0.25, -0.2) is 0 Å². The molecule has 12 saturated heterocycles. The van der Waals surface area contributed by atoms with Crippen LogP contribution in [0.2, 0.25) is 0 Å². The molecule has 0 aromatic heterocycles. The predicted molar refractivity (Wildman–Crippen MR) is 453 cm³/mol. The van der Waals surface area contributed by atoms with Gasteiger partial charge in [0.1, 0.15) is 293 Å². The zero-order chi connectivity index (χ0) is 109. The smallest absolute Gasteiger partial charge is 0.217 e. The Morgan fingerprint density at radius 3 is 0.689 bits per heavy atom. The standard InChI is InChI=1S/C82H137N5O61/c1-18(98)83-35-46(109)62(27(10-92)128-71(35)125)145-80-61(124)68(146-82-70(148-75-39(87-22(5)102)50(113)66(31(14-96)136-75)144-79-59(122)54(117)43(106)26(9-91)132-79)60(123)67(32(15-97)137-82)140-73-37(85-20(3)100)48(111)64(29(12-94)134-73)142-77-57(120)52(115)41(104)24(7-89)130-77)45(108)34(138-80)17-127-81-69(147-74-38(86-21(4)101)49(112)65(30(13-95)135-74)143-78-58(121)53(116)42(105)25(8-90)131-78)55(118)44(107)33(139-81)16-126-72-36(84-19(2)99)47(110)63(28(11-93)133-72)141-76-56(119)51(114)40(103)23(6-88)129-76/h23-82,88-97,103-125H,6-17H2,1-5H3,(H,83,98)(H,84,99)(H,85,100)(H,86,101)(H,87,102)/t23-,24-,25-,26-,27-,28-,29-,30-,31-,32-,33-,34-,35-,36-,37-,38-,39-,40+,41+,42+,43+,44-,45-,46-,47+,48-,49-,50-,51+,52+,53+,54+,55+,56-,57-,58-,59-,60+,61+,62-,63-,64-,65-,66-,67-,68+,69+,70+,71?,72-,73+,74+,75+,76+,77+,78+,79+,80+,81+,82-/m1/s1. The second-order valence-corrected chi connectivity index (χ2v) is 37.4. The number of ether oxygens (including phenoxy) is 23. The molecule has 0 aromatic carbocycles. The molecule has 0 bridgehead atoms. The van der Waals surface area contributed by atoms with Crippen LogP contribution in [0.3, 0.4) is 0 Å². The third kappa shape index (κ3) is 26.9. The molecule has 12 rings (SSSR count). The lowest BCUT2D eigenvalue weighted by atomic mass is 9.93. The van der Waals surface area contributed by atoms with Crippen LogP contribution in [0.4, 0.5) is 0 Å². The fourth-order valence-electron chi connectivity index (χ4n) is 19.2. The number of carbonyl (C=O) groups is 5. The zero-order valence-corrected chi connectivity index (χ0v) is 79.3. The average molecular weight is 2170 g/mol. The lowest BCUT2D eigenvalue weighted by Gasteiger charge is -2.52. The van der Waals surface area contributed by atoms with Crippen LogP contribution >= 0.6 is 0 Å². The molecular formula is C82H137N5O61. The van der Waals surface area contributed by atoms with E-state index in [-0.39, 0.29) is 0 Å². The van der Waals surface area contributed by atoms with Gasteiger partial charge in [-0.1, -0.05) is 0 Å². The van der Waals surface area contributed by atoms with E-state index in [4.69, 9.17) is 109 Å². The van der Waals surface area contributed by atoms with Gasteiger partial charge >= 0.3 is 0 Å². The fourth-order valence-corrected chi connectivity index (χ4v) is 19.2. The van der Waals surface area contributed by atoms with E-state index in [0.717, 1.165) is 34.6 Å². The number of amides is 5. The first-order chi connectivity index (χ1) is 70.1. The Morgan fingerprint density at radius 1 is 0.176 bits per heavy atom. The van der Waals surface area contributed by atoms with Gasteiger partial charge in [-0.3, -0.25) is 24.0 Å². The lowest BCUT2D eigenvalue weighted by molar-refractivity contribution is -0.406. The van der Waals surface area contributed by atoms with Crippen molar-refractivity contribution in [3.8, 4) is 0 Å². The molecule has 12 heterocycles. The molecule has 66 nitrogen and oxygen atoms in total. The second-order valence-electron chi connectivity index (χ2n) is 37.4. The largest absolute Gasteiger partial charge is 0.394 e. The van der Waals surface area contributed by atoms with Crippen molar-refractivity contribution in [3.63, 3.8) is 0 Å². The van der Waals surface area contributed by atoms with Gasteiger partial charge in [0.05, 0.1) is 79.3 Å². The maximum absolute atomic E-state index is 13.5. The van der Waals surface area contributed by atoms with Gasteiger partial charge in [0.25, 0.3) is 0 Å². The Morgan fingerprint density at radius 2 is 0.378 bits per heavy atom. The molecule has 12 fully saturated rings. The summed E-state index contributed by atoms with van der Waals surface area (Å²) < 4.78 is 138. The highest BCUT2D eigenvalue weighted by atomic mass is 16.8. The maximum atomic E-state index is 13.5. The number of hydrogen-bond acceptors (Lipinski definition) is 61. The van der Waals surface area contributed by atoms with Crippen LogP contribution in [0.15, 0.2) is 0 Å². The Balaban J connectivity index is 0.931. The monoisotopic (exact) mass is 2170 g/mol. The van der Waals surface area contributed by atoms with Crippen LogP contribution in [0.5, 0.6) is 0 Å². The summed E-state index contributed by atoms with van der Waals surface area (Å²) in [5.74, 6) is -5.06. The summed E-state index contributed by atoms with van der Waals surface area (Å²) in [5, 5.41) is 384. The number of aliphatic hydroxyl groups is 33. The number of hydrogen-bond donors (Lipinski definition) is 38. The predicted octanol–water partition coefficient (Wildman–Crippen LogP) is -26.4. The molecule has 856 valence electrons. The molecule has 148 heavy (non-hydrogen) atoms. The molecule has 38 N–H and O–H groups in total. The molecule has 12 aliphatic rings. The molecule has 0 aromatic rings. The van der Waals surface area contributed by atoms with Crippen LogP contribution < -0.4 is 26.6 Å². The quantitative estimate of drug-likeness (QED) is 0.0272. The van der Waals surface area contributed by atoms with Crippen molar-refractivity contribution in [2.24, 2.45) is 0 Å². The van der Waals surface area contributed by atoms with E-state index in [9.17, 15) is 192 Å². The maximum Gasteiger partial charge on any atom is 0.217 e. The summed E-state index contributed by atoms with van der Waals surface area (Å²) in [6.45, 7) is -9.77. The zero-order valence-electron chi connectivity index (χ0n) is 79.3. The first-order valence-corrected chi connectivity index (χ1v) is 47.2. The van der Waals surface area contributed by atoms with E-state index in [1.807, 2.05) is 0 Å². The highest BCUT2D eigenvalue weighted by Gasteiger charge is 2.64. The van der Waals surface area contributed by atoms with E-state index in [1.54, 1.807) is 0 Å². The minimum Gasteiger partial charge on any atom is -0.394 e. The number of rotatable bonds is 39. The van der Waals surface area contributed by atoms with Gasteiger partial charge in [-0.05, 0) is 0 Å². The van der Waals surface area contributed by atoms with Gasteiger partial charge in [0.2, 0.25) is 29.5 Å². The molecule has 0 radical (unpaired) electrons. The van der Waals surface area contributed by atoms with E-state index in [2.05, 4.69) is 26.6 Å². The van der Waals surface area contributed by atoms with Gasteiger partial charge < -0.3 is 304 Å². The molecule has 5 amide bonds. The van der Waals surface area contributed by atoms with E-state index in [1.165, 1.54) is 0 Å². The lowest BCUT2D eigenvalue weighted by Crippen LogP contribution is -2.71. The van der Waals surface area contributed by atoms with Crippen LogP contribution in [-0.2, 0) is 133 Å². The van der Waals surface area contributed by atoms with Crippen molar-refractivity contribution < 1.29 is 301 Å². The summed E-state index contributed by atoms with van der Waals surface area (Å²) >= 11 is 0. The Kier molecular flexibility index (Phi) is 43.9. The van der Waals surface area contributed by atoms with Crippen LogP contribution in [0.25, 0.3) is 0 Å². The average Bonchev–Trinajstić information content (AvgIpc) is 0.745. The minimum atomic E-state index is -2.76. The molecule has 12 aliphatic heterocycles. The summed E-state index contributed by atoms with van der Waals surface area (Å²) in [6.07, 6.45) is -121. The third-order valence-electron chi connectivity index (χ3n) is 27.1. The topological polar surface area (TPSA) is 1030 Å². The van der Waals surface area contributed by atoms with Gasteiger partial charge in [-0.2, -0.15) is 0 Å². The number of aliphatic hydroxyl groups excluding tert-OH is 33. The van der Waals surface area contributed by atoms with Gasteiger partial charge in [0.15, 0.2) is 75.5 Å². The van der Waals surface area contributed by atoms with Crippen molar-refractivity contribution in [1.29, 1.82) is 0 Å². The molecule has 0 spiro atoms. The van der Waals surface area contributed by atoms with E-state index < -0.39 is 477 Å². The van der Waals surface area contributed by atoms with E-state index >= 15 is 0 Å². The van der Waals surface area contributed by atoms with Gasteiger partial charge in [-0.15, -0.1) is 0 Å². The summed E-state index contributed by atoms with van der Waals surface area (Å²) in [5.41, 5.74) is 0. The SMILES string of the molecule is CC(=O)N[C@H]1[C@H](O[C@@H]2[C@@H](O[C@@H]3[C@H](O)[C@H](O[C@H]4[C@H](O)[C@@H](NC(C)=O)C(O)O[C@@H]4CO)O[C@H](CO[C@H]4O[C@H](CO[C@@H]5O[C@H](CO)[C@@H](O[C@@H]6O[C@H](CO)[C@H](O)[C@H](O)[C@H]6O)[C@@H](O)[C@H]5NC(C)=O)[C@@H](O)[C@H](O)[C@@H]4O[C@@H]4O[C@H](CO)[C@@H](O[C@@H]5O[C@H](CO)[C@H](O)[C@H](O)[C@H]5O)[C@H](O)[C@H]4NC(C)=O)[C@H]3O)O[C@H](CO)[C@@H](O[C@@H]3O[C@H](CO)[C@@H](O[C@@H]4O[C@H](CO)[C@H](O)[C@H](O)[C@H]4O)[C@H](O)[C@H]3NC(C)=O)[C@@H]2O)O[C@H](CO)[C@@H](O[C@@H]2O[C@H](CO)[C@H](O)[C@H](O)[C@H]2O)[C@@H]1O. The van der Waals surface area contributed by atoms with Crippen molar-refractivity contribution >= 4 is 29.5 Å². The summed E-state index contributed by atoms with van der Waals surface area (Å²) in [7, 11) is 0. The summed E-state index contributed by atoms with van der Waals surface area (Å²) in [4.78, 5) is 65.7. The molecule has 0 saturated carbocycles. The summed E-state index contributed by atoms with van der Waals surface area (Å²) in [6, 6.07) is -10.1. The van der Waals surface area contributed by atoms with E-state index in [0.29, 0.717) is 0 Å². The molecule has 60 atom stereocenters. The van der Waals surface area contributed by atoms with Crippen molar-refractivity contribution in [2.75, 3.05) is 79.3 Å². The van der Waals surface area contributed by atoms with Crippen LogP contribution in [0, 0.1) is 0 Å².